The average molecular weight is 356 g/mol. The lowest BCUT2D eigenvalue weighted by atomic mass is 10.1. The van der Waals surface area contributed by atoms with Crippen molar-refractivity contribution >= 4 is 17.3 Å². The van der Waals surface area contributed by atoms with Gasteiger partial charge in [-0.25, -0.2) is 9.97 Å². The Morgan fingerprint density at radius 1 is 1.08 bits per heavy atom. The zero-order valence-corrected chi connectivity index (χ0v) is 15.2. The lowest BCUT2D eigenvalue weighted by molar-refractivity contribution is 0.174. The van der Waals surface area contributed by atoms with Gasteiger partial charge in [-0.05, 0) is 17.7 Å². The van der Waals surface area contributed by atoms with Crippen molar-refractivity contribution in [2.75, 3.05) is 62.6 Å². The summed E-state index contributed by atoms with van der Waals surface area (Å²) in [7, 11) is 3.87. The minimum Gasteiger partial charge on any atom is -0.454 e. The van der Waals surface area contributed by atoms with Crippen LogP contribution < -0.4 is 25.0 Å². The Morgan fingerprint density at radius 3 is 2.62 bits per heavy atom. The smallest absolute Gasteiger partial charge is 0.231 e. The van der Waals surface area contributed by atoms with Crippen LogP contribution in [0, 0.1) is 0 Å². The molecule has 3 heterocycles. The number of hydrogen-bond acceptors (Lipinski definition) is 8. The number of anilines is 3. The SMILES string of the molecule is CN(C)c1ncnc(N2CCN(Cc3ccc4c(c3)OCO4)CC2)c1N. The molecule has 0 aliphatic carbocycles. The van der Waals surface area contributed by atoms with E-state index in [1.807, 2.05) is 25.1 Å². The van der Waals surface area contributed by atoms with E-state index in [-0.39, 0.29) is 0 Å². The quantitative estimate of drug-likeness (QED) is 0.875. The summed E-state index contributed by atoms with van der Waals surface area (Å²) in [5, 5.41) is 0. The molecule has 0 amide bonds. The molecule has 26 heavy (non-hydrogen) atoms. The Hall–Kier alpha value is -2.74. The minimum absolute atomic E-state index is 0.312. The van der Waals surface area contributed by atoms with Crippen LogP contribution in [0.1, 0.15) is 5.56 Å². The molecule has 0 bridgehead atoms. The topological polar surface area (TPSA) is 80.0 Å². The molecule has 1 aromatic carbocycles. The molecule has 0 radical (unpaired) electrons. The summed E-state index contributed by atoms with van der Waals surface area (Å²) in [4.78, 5) is 15.2. The van der Waals surface area contributed by atoms with Crippen LogP contribution in [0.4, 0.5) is 17.3 Å². The zero-order chi connectivity index (χ0) is 18.1. The number of nitrogens with zero attached hydrogens (tertiary/aromatic N) is 5. The number of piperazine rings is 1. The van der Waals surface area contributed by atoms with Crippen LogP contribution in [0.25, 0.3) is 0 Å². The summed E-state index contributed by atoms with van der Waals surface area (Å²) < 4.78 is 10.8. The van der Waals surface area contributed by atoms with Gasteiger partial charge in [0.15, 0.2) is 23.1 Å². The molecule has 1 saturated heterocycles. The number of ether oxygens (including phenoxy) is 2. The molecule has 2 aromatic rings. The lowest BCUT2D eigenvalue weighted by Crippen LogP contribution is -2.46. The number of hydrogen-bond donors (Lipinski definition) is 1. The van der Waals surface area contributed by atoms with E-state index in [9.17, 15) is 0 Å². The monoisotopic (exact) mass is 356 g/mol. The summed E-state index contributed by atoms with van der Waals surface area (Å²) >= 11 is 0. The predicted octanol–water partition coefficient (Wildman–Crippen LogP) is 1.18. The van der Waals surface area contributed by atoms with Gasteiger partial charge in [0.1, 0.15) is 12.0 Å². The standard InChI is InChI=1S/C18H24N6O2/c1-22(2)17-16(19)18(21-11-20-17)24-7-5-23(6-8-24)10-13-3-4-14-15(9-13)26-12-25-14/h3-4,9,11H,5-8,10,12,19H2,1-2H3. The fourth-order valence-electron chi connectivity index (χ4n) is 3.40. The van der Waals surface area contributed by atoms with Crippen molar-refractivity contribution in [2.45, 2.75) is 6.54 Å². The molecule has 138 valence electrons. The molecule has 2 aliphatic heterocycles. The highest BCUT2D eigenvalue weighted by Crippen LogP contribution is 2.33. The minimum atomic E-state index is 0.312. The Balaban J connectivity index is 1.39. The van der Waals surface area contributed by atoms with Gasteiger partial charge in [-0.2, -0.15) is 0 Å². The first-order chi connectivity index (χ1) is 12.6. The van der Waals surface area contributed by atoms with Crippen molar-refractivity contribution in [1.29, 1.82) is 0 Å². The maximum absolute atomic E-state index is 6.28. The van der Waals surface area contributed by atoms with Crippen LogP contribution >= 0.6 is 0 Å². The van der Waals surface area contributed by atoms with E-state index in [1.54, 1.807) is 6.33 Å². The van der Waals surface area contributed by atoms with E-state index in [1.165, 1.54) is 5.56 Å². The largest absolute Gasteiger partial charge is 0.454 e. The van der Waals surface area contributed by atoms with Crippen molar-refractivity contribution in [3.05, 3.63) is 30.1 Å². The lowest BCUT2D eigenvalue weighted by Gasteiger charge is -2.36. The third-order valence-electron chi connectivity index (χ3n) is 4.78. The maximum atomic E-state index is 6.28. The Morgan fingerprint density at radius 2 is 1.85 bits per heavy atom. The summed E-state index contributed by atoms with van der Waals surface area (Å²) in [6.45, 7) is 4.89. The molecule has 4 rings (SSSR count). The Labute approximate surface area is 153 Å². The highest BCUT2D eigenvalue weighted by atomic mass is 16.7. The van der Waals surface area contributed by atoms with Crippen LogP contribution in [0.2, 0.25) is 0 Å². The van der Waals surface area contributed by atoms with E-state index in [4.69, 9.17) is 15.2 Å². The van der Waals surface area contributed by atoms with Crippen molar-refractivity contribution in [3.8, 4) is 11.5 Å². The van der Waals surface area contributed by atoms with Gasteiger partial charge in [0, 0.05) is 46.8 Å². The number of rotatable bonds is 4. The van der Waals surface area contributed by atoms with Crippen molar-refractivity contribution < 1.29 is 9.47 Å². The fourth-order valence-corrected chi connectivity index (χ4v) is 3.40. The second-order valence-electron chi connectivity index (χ2n) is 6.78. The summed E-state index contributed by atoms with van der Waals surface area (Å²) in [5.74, 6) is 3.25. The van der Waals surface area contributed by atoms with Crippen molar-refractivity contribution in [1.82, 2.24) is 14.9 Å². The van der Waals surface area contributed by atoms with Crippen LogP contribution in [0.15, 0.2) is 24.5 Å². The van der Waals surface area contributed by atoms with E-state index >= 15 is 0 Å². The molecule has 0 unspecified atom stereocenters. The first kappa shape index (κ1) is 16.7. The molecule has 8 heteroatoms. The molecule has 2 aliphatic rings. The number of fused-ring (bicyclic) bond motifs is 1. The Kier molecular flexibility index (Phi) is 4.42. The molecule has 0 spiro atoms. The van der Waals surface area contributed by atoms with E-state index in [0.717, 1.165) is 55.9 Å². The molecule has 0 atom stereocenters. The molecule has 2 N–H and O–H groups in total. The molecular weight excluding hydrogens is 332 g/mol. The van der Waals surface area contributed by atoms with Crippen molar-refractivity contribution in [2.24, 2.45) is 0 Å². The zero-order valence-electron chi connectivity index (χ0n) is 15.2. The molecular formula is C18H24N6O2. The summed E-state index contributed by atoms with van der Waals surface area (Å²) in [6, 6.07) is 6.16. The second-order valence-corrected chi connectivity index (χ2v) is 6.78. The summed E-state index contributed by atoms with van der Waals surface area (Å²) in [5.41, 5.74) is 8.15. The number of aromatic nitrogens is 2. The van der Waals surface area contributed by atoms with E-state index in [2.05, 4.69) is 31.9 Å². The van der Waals surface area contributed by atoms with E-state index in [0.29, 0.717) is 12.5 Å². The highest BCUT2D eigenvalue weighted by Gasteiger charge is 2.22. The molecule has 1 aromatic heterocycles. The van der Waals surface area contributed by atoms with Gasteiger partial charge in [-0.3, -0.25) is 4.90 Å². The van der Waals surface area contributed by atoms with Crippen molar-refractivity contribution in [3.63, 3.8) is 0 Å². The van der Waals surface area contributed by atoms with Gasteiger partial charge in [0.05, 0.1) is 0 Å². The third kappa shape index (κ3) is 3.20. The van der Waals surface area contributed by atoms with Gasteiger partial charge < -0.3 is 25.0 Å². The first-order valence-corrected chi connectivity index (χ1v) is 8.75. The van der Waals surface area contributed by atoms with Crippen LogP contribution in [-0.2, 0) is 6.54 Å². The van der Waals surface area contributed by atoms with Crippen LogP contribution in [0.3, 0.4) is 0 Å². The molecule has 1 fully saturated rings. The fraction of sp³-hybridized carbons (Fsp3) is 0.444. The number of nitrogen functional groups attached to an aromatic ring is 1. The van der Waals surface area contributed by atoms with Gasteiger partial charge >= 0.3 is 0 Å². The van der Waals surface area contributed by atoms with Crippen LogP contribution in [-0.4, -0.2) is 61.9 Å². The van der Waals surface area contributed by atoms with Gasteiger partial charge in [-0.15, -0.1) is 0 Å². The maximum Gasteiger partial charge on any atom is 0.231 e. The van der Waals surface area contributed by atoms with E-state index < -0.39 is 0 Å². The third-order valence-corrected chi connectivity index (χ3v) is 4.78. The van der Waals surface area contributed by atoms with Gasteiger partial charge in [0.25, 0.3) is 0 Å². The summed E-state index contributed by atoms with van der Waals surface area (Å²) in [6.07, 6.45) is 1.58. The average Bonchev–Trinajstić information content (AvgIpc) is 3.10. The Bertz CT molecular complexity index is 789. The second kappa shape index (κ2) is 6.87. The van der Waals surface area contributed by atoms with Gasteiger partial charge in [-0.1, -0.05) is 6.07 Å². The normalized spacial score (nSPS) is 16.8. The van der Waals surface area contributed by atoms with Gasteiger partial charge in [0.2, 0.25) is 6.79 Å². The first-order valence-electron chi connectivity index (χ1n) is 8.75. The predicted molar refractivity (Wildman–Crippen MR) is 101 cm³/mol. The molecule has 0 saturated carbocycles. The number of nitrogens with two attached hydrogens (primary N) is 1. The molecule has 8 nitrogen and oxygen atoms in total. The number of benzene rings is 1. The highest BCUT2D eigenvalue weighted by molar-refractivity contribution is 5.75. The van der Waals surface area contributed by atoms with Crippen LogP contribution in [0.5, 0.6) is 11.5 Å².